The van der Waals surface area contributed by atoms with Crippen LogP contribution in [-0.2, 0) is 38.4 Å². The molecule has 0 fully saturated rings. The third-order valence-electron chi connectivity index (χ3n) is 4.58. The minimum atomic E-state index is -1.65. The molecule has 0 aliphatic heterocycles. The van der Waals surface area contributed by atoms with E-state index in [2.05, 4.69) is 6.58 Å². The maximum Gasteiger partial charge on any atom is 0.366 e. The molecule has 11 N–H and O–H groups in total. The number of rotatable bonds is 20. The van der Waals surface area contributed by atoms with Crippen molar-refractivity contribution < 1.29 is 83.7 Å². The van der Waals surface area contributed by atoms with Crippen molar-refractivity contribution in [1.82, 2.24) is 16.0 Å². The predicted octanol–water partition coefficient (Wildman–Crippen LogP) is -3.21. The molecule has 20 nitrogen and oxygen atoms in total. The second-order valence-electron chi connectivity index (χ2n) is 7.89. The number of carbonyl (C=O) groups is 8. The molecule has 1 unspecified atom stereocenters. The fraction of sp³-hybridized carbons (Fsp3) is 0.500. The fourth-order valence-electron chi connectivity index (χ4n) is 3.31. The maximum atomic E-state index is 11.1. The highest BCUT2D eigenvalue weighted by Gasteiger charge is 2.45. The van der Waals surface area contributed by atoms with Crippen LogP contribution in [0.15, 0.2) is 12.7 Å². The van der Waals surface area contributed by atoms with Gasteiger partial charge in [-0.3, -0.25) is 33.5 Å². The Bertz CT molecular complexity index is 844. The molecular weight excluding hydrogens is 552 g/mol. The summed E-state index contributed by atoms with van der Waals surface area (Å²) in [6.45, 7) is -1.93. The maximum absolute atomic E-state index is 11.1. The van der Waals surface area contributed by atoms with Gasteiger partial charge in [-0.25, -0.2) is 19.2 Å². The molecule has 0 heterocycles. The van der Waals surface area contributed by atoms with E-state index in [0.717, 1.165) is 15.9 Å². The van der Waals surface area contributed by atoms with Gasteiger partial charge in [0.05, 0.1) is 26.2 Å². The number of nitrogens with zero attached hydrogens (tertiary/aromatic N) is 3. The second kappa shape index (κ2) is 19.4. The summed E-state index contributed by atoms with van der Waals surface area (Å²) in [5, 5.41) is 69.8. The quantitative estimate of drug-likeness (QED) is 0.0501. The minimum Gasteiger partial charge on any atom is -0.480 e. The topological polar surface area (TPSA) is 340 Å². The molecule has 40 heavy (non-hydrogen) atoms. The lowest BCUT2D eigenvalue weighted by atomic mass is 10.1. The van der Waals surface area contributed by atoms with Crippen LogP contribution >= 0.6 is 0 Å². The van der Waals surface area contributed by atoms with Crippen LogP contribution in [0.5, 0.6) is 0 Å². The molecule has 0 saturated heterocycles. The zero-order chi connectivity index (χ0) is 30.9. The zero-order valence-corrected chi connectivity index (χ0v) is 21.1. The average Bonchev–Trinajstić information content (AvgIpc) is 2.69. The molecule has 0 aliphatic carbocycles. The largest absolute Gasteiger partial charge is 0.480 e. The summed E-state index contributed by atoms with van der Waals surface area (Å²) in [6, 6.07) is -1.65. The Morgan fingerprint density at radius 3 is 0.950 bits per heavy atom. The third-order valence-corrected chi connectivity index (χ3v) is 4.58. The van der Waals surface area contributed by atoms with E-state index in [9.17, 15) is 38.4 Å². The molecule has 0 saturated carbocycles. The van der Waals surface area contributed by atoms with Crippen molar-refractivity contribution in [2.75, 3.05) is 58.9 Å². The van der Waals surface area contributed by atoms with Gasteiger partial charge < -0.3 is 47.0 Å². The number of hydrogen-bond acceptors (Lipinski definition) is 11. The van der Waals surface area contributed by atoms with Crippen molar-refractivity contribution in [3.63, 3.8) is 0 Å². The number of quaternary nitrogens is 1. The summed E-state index contributed by atoms with van der Waals surface area (Å²) in [5.41, 5.74) is 0. The van der Waals surface area contributed by atoms with Crippen molar-refractivity contribution >= 4 is 47.8 Å². The smallest absolute Gasteiger partial charge is 0.366 e. The molecule has 0 amide bonds. The first-order valence-electron chi connectivity index (χ1n) is 10.5. The van der Waals surface area contributed by atoms with Gasteiger partial charge >= 0.3 is 47.8 Å². The number of aliphatic carboxylic acids is 8. The van der Waals surface area contributed by atoms with Gasteiger partial charge in [0.2, 0.25) is 6.04 Å². The SMILES string of the molecule is C=CC(C(=O)O)[N+](CC(=O)O)(CC(=O)O)CC(=O)O.N.O=C(O)CN(CCN(CC(=O)O)CC(=O)O)CC(=O)O. The van der Waals surface area contributed by atoms with Gasteiger partial charge in [-0.2, -0.15) is 0 Å². The molecule has 0 aromatic heterocycles. The summed E-state index contributed by atoms with van der Waals surface area (Å²) >= 11 is 0. The summed E-state index contributed by atoms with van der Waals surface area (Å²) in [7, 11) is 0. The lowest BCUT2D eigenvalue weighted by Crippen LogP contribution is -2.63. The Morgan fingerprint density at radius 1 is 0.550 bits per heavy atom. The van der Waals surface area contributed by atoms with Gasteiger partial charge in [0, 0.05) is 13.1 Å². The van der Waals surface area contributed by atoms with Crippen LogP contribution in [0.25, 0.3) is 0 Å². The molecule has 20 heteroatoms. The van der Waals surface area contributed by atoms with E-state index in [0.29, 0.717) is 0 Å². The molecular formula is C20H33N4O16+. The highest BCUT2D eigenvalue weighted by molar-refractivity contribution is 5.78. The average molecular weight is 585 g/mol. The lowest BCUT2D eigenvalue weighted by Gasteiger charge is -2.37. The van der Waals surface area contributed by atoms with Gasteiger partial charge in [0.1, 0.15) is 0 Å². The van der Waals surface area contributed by atoms with Crippen molar-refractivity contribution in [2.24, 2.45) is 0 Å². The first kappa shape index (κ1) is 39.8. The fourth-order valence-corrected chi connectivity index (χ4v) is 3.31. The van der Waals surface area contributed by atoms with Crippen LogP contribution in [0.4, 0.5) is 0 Å². The number of carboxylic acid groups (broad SMARTS) is 8. The van der Waals surface area contributed by atoms with Crippen LogP contribution in [-0.4, -0.2) is 168 Å². The Morgan fingerprint density at radius 2 is 0.800 bits per heavy atom. The molecule has 0 rings (SSSR count). The van der Waals surface area contributed by atoms with E-state index < -0.39 is 104 Å². The first-order valence-corrected chi connectivity index (χ1v) is 10.5. The molecule has 228 valence electrons. The molecule has 0 aliphatic rings. The van der Waals surface area contributed by atoms with E-state index in [1.165, 1.54) is 0 Å². The third kappa shape index (κ3) is 18.6. The van der Waals surface area contributed by atoms with Gasteiger partial charge in [-0.05, 0) is 6.08 Å². The van der Waals surface area contributed by atoms with Gasteiger partial charge in [-0.1, -0.05) is 6.58 Å². The standard InChI is InChI=1S/C10H16N2O8.C10H13NO8.H3N/c13-7(14)3-11(4-8(15)16)1-2-12(5-9(17)18)6-10(19)20;1-2-6(10(18)19)11(3-7(12)13,4-8(14)15)5-9(16)17;/h1-6H2,(H,13,14)(H,15,16)(H,17,18)(H,19,20);2,6H,1,3-5H2,(H3-,12,13,14,15,16,17,18,19);1H3/p+1. The molecule has 1 atom stereocenters. The van der Waals surface area contributed by atoms with Crippen LogP contribution in [0.1, 0.15) is 0 Å². The van der Waals surface area contributed by atoms with E-state index in [4.69, 9.17) is 40.9 Å². The van der Waals surface area contributed by atoms with E-state index in [-0.39, 0.29) is 19.2 Å². The highest BCUT2D eigenvalue weighted by atomic mass is 16.4. The molecule has 0 bridgehead atoms. The van der Waals surface area contributed by atoms with E-state index in [1.54, 1.807) is 0 Å². The van der Waals surface area contributed by atoms with Crippen LogP contribution < -0.4 is 6.15 Å². The van der Waals surface area contributed by atoms with Crippen molar-refractivity contribution in [3.05, 3.63) is 12.7 Å². The van der Waals surface area contributed by atoms with Crippen LogP contribution in [0, 0.1) is 0 Å². The number of carboxylic acids is 8. The minimum absolute atomic E-state index is 0. The lowest BCUT2D eigenvalue weighted by molar-refractivity contribution is -0.917. The normalized spacial score (nSPS) is 11.2. The summed E-state index contributed by atoms with van der Waals surface area (Å²) in [4.78, 5) is 87.8. The molecule has 0 spiro atoms. The summed E-state index contributed by atoms with van der Waals surface area (Å²) in [6.07, 6.45) is 0.831. The zero-order valence-electron chi connectivity index (χ0n) is 21.1. The predicted molar refractivity (Wildman–Crippen MR) is 128 cm³/mol. The summed E-state index contributed by atoms with van der Waals surface area (Å²) < 4.78 is -1.18. The Hall–Kier alpha value is -4.66. The van der Waals surface area contributed by atoms with Gasteiger partial charge in [-0.15, -0.1) is 0 Å². The monoisotopic (exact) mass is 585 g/mol. The molecule has 0 aromatic rings. The van der Waals surface area contributed by atoms with Gasteiger partial charge in [0.15, 0.2) is 19.6 Å². The van der Waals surface area contributed by atoms with Crippen LogP contribution in [0.2, 0.25) is 0 Å². The second-order valence-corrected chi connectivity index (χ2v) is 7.89. The Labute approximate surface area is 225 Å². The van der Waals surface area contributed by atoms with Crippen molar-refractivity contribution in [1.29, 1.82) is 0 Å². The van der Waals surface area contributed by atoms with E-state index >= 15 is 0 Å². The van der Waals surface area contributed by atoms with E-state index in [1.807, 2.05) is 0 Å². The molecule has 0 aromatic carbocycles. The van der Waals surface area contributed by atoms with Crippen LogP contribution in [0.3, 0.4) is 0 Å². The Balaban J connectivity index is -0.000000669. The van der Waals surface area contributed by atoms with Crippen molar-refractivity contribution in [2.45, 2.75) is 6.04 Å². The number of hydrogen-bond donors (Lipinski definition) is 9. The van der Waals surface area contributed by atoms with Gasteiger partial charge in [0.25, 0.3) is 0 Å². The van der Waals surface area contributed by atoms with Crippen molar-refractivity contribution in [3.8, 4) is 0 Å². The Kier molecular flexibility index (Phi) is 19.3. The highest BCUT2D eigenvalue weighted by Crippen LogP contribution is 2.16. The summed E-state index contributed by atoms with van der Waals surface area (Å²) in [5.74, 6) is -11.0. The first-order chi connectivity index (χ1) is 17.8. The molecule has 0 radical (unpaired) electrons.